The maximum absolute atomic E-state index is 10.5. The number of nitrogens with zero attached hydrogens (tertiary/aromatic N) is 3. The highest BCUT2D eigenvalue weighted by atomic mass is 16.7. The Morgan fingerprint density at radius 1 is 1.47 bits per heavy atom. The van der Waals surface area contributed by atoms with Gasteiger partial charge in [-0.15, -0.1) is 5.10 Å². The second-order valence-electron chi connectivity index (χ2n) is 3.14. The van der Waals surface area contributed by atoms with Crippen molar-refractivity contribution in [3.63, 3.8) is 0 Å². The molecular formula is C8H9N6O5+. The molecule has 1 rings (SSSR count). The van der Waals surface area contributed by atoms with Crippen molar-refractivity contribution < 1.29 is 20.2 Å². The number of nitrogens with one attached hydrogen (secondary N) is 2. The Balaban J connectivity index is 2.90. The number of hydrogen-bond acceptors (Lipinski definition) is 6. The Morgan fingerprint density at radius 2 is 2.16 bits per heavy atom. The highest BCUT2D eigenvalue weighted by molar-refractivity contribution is 5.81. The minimum Gasteiger partial charge on any atom is -0.507 e. The zero-order valence-electron chi connectivity index (χ0n) is 9.31. The standard InChI is InChI=1S/C8H8N6O5/c9-8(12-14(18)19)11-10-4-5-3-6(13(16)17)1-2-7(5)15/h1-4,15H,(H3,9,11,12)/p+1. The van der Waals surface area contributed by atoms with Crippen molar-refractivity contribution in [2.75, 3.05) is 0 Å². The second-order valence-corrected chi connectivity index (χ2v) is 3.14. The minimum atomic E-state index is -0.911. The average molecular weight is 269 g/mol. The summed E-state index contributed by atoms with van der Waals surface area (Å²) in [7, 11) is 0. The number of aromatic hydroxyl groups is 1. The number of benzene rings is 1. The zero-order chi connectivity index (χ0) is 14.4. The summed E-state index contributed by atoms with van der Waals surface area (Å²) in [5, 5.41) is 34.6. The molecule has 100 valence electrons. The van der Waals surface area contributed by atoms with Crippen molar-refractivity contribution >= 4 is 17.9 Å². The fraction of sp³-hybridized carbons (Fsp3) is 0. The smallest absolute Gasteiger partial charge is 0.319 e. The Hall–Kier alpha value is -3.24. The molecule has 11 nitrogen and oxygen atoms in total. The molecule has 0 amide bonds. The molecule has 0 aliphatic rings. The van der Waals surface area contributed by atoms with Crippen molar-refractivity contribution in [2.45, 2.75) is 0 Å². The van der Waals surface area contributed by atoms with Crippen LogP contribution >= 0.6 is 0 Å². The van der Waals surface area contributed by atoms with Gasteiger partial charge in [0.25, 0.3) is 5.69 Å². The molecule has 1 aromatic rings. The Morgan fingerprint density at radius 3 is 2.74 bits per heavy atom. The van der Waals surface area contributed by atoms with Crippen molar-refractivity contribution in [1.29, 1.82) is 0 Å². The summed E-state index contributed by atoms with van der Waals surface area (Å²) < 4.78 is 0. The van der Waals surface area contributed by atoms with Crippen LogP contribution in [0.2, 0.25) is 0 Å². The first kappa shape index (κ1) is 13.8. The predicted octanol–water partition coefficient (Wildman–Crippen LogP) is -2.19. The van der Waals surface area contributed by atoms with E-state index in [1.165, 1.54) is 0 Å². The van der Waals surface area contributed by atoms with Gasteiger partial charge in [0.1, 0.15) is 5.75 Å². The molecule has 0 aliphatic carbocycles. The summed E-state index contributed by atoms with van der Waals surface area (Å²) in [5.41, 5.74) is 6.51. The van der Waals surface area contributed by atoms with Crippen LogP contribution in [-0.4, -0.2) is 27.2 Å². The lowest BCUT2D eigenvalue weighted by Gasteiger charge is -1.95. The van der Waals surface area contributed by atoms with Gasteiger partial charge in [-0.3, -0.25) is 10.1 Å². The van der Waals surface area contributed by atoms with E-state index in [2.05, 4.69) is 10.2 Å². The molecule has 5 N–H and O–H groups in total. The summed E-state index contributed by atoms with van der Waals surface area (Å²) in [6.45, 7) is 0. The largest absolute Gasteiger partial charge is 0.507 e. The molecular weight excluding hydrogens is 260 g/mol. The third-order valence-electron chi connectivity index (χ3n) is 1.83. The topological polar surface area (TPSA) is 171 Å². The number of hydrazine groups is 1. The molecule has 0 fully saturated rings. The third kappa shape index (κ3) is 4.26. The highest BCUT2D eigenvalue weighted by Gasteiger charge is 2.10. The first-order valence-corrected chi connectivity index (χ1v) is 4.70. The Bertz CT molecular complexity index is 569. The van der Waals surface area contributed by atoms with Crippen molar-refractivity contribution in [3.05, 3.63) is 44.0 Å². The molecule has 0 saturated heterocycles. The summed E-state index contributed by atoms with van der Waals surface area (Å²) >= 11 is 0. The molecule has 0 atom stereocenters. The molecule has 0 saturated carbocycles. The fourth-order valence-electron chi connectivity index (χ4n) is 1.06. The summed E-state index contributed by atoms with van der Waals surface area (Å²) in [6, 6.07) is 3.35. The number of nitro benzene ring substituents is 1. The predicted molar refractivity (Wildman–Crippen MR) is 62.6 cm³/mol. The minimum absolute atomic E-state index is 0.0758. The van der Waals surface area contributed by atoms with Crippen LogP contribution in [0.15, 0.2) is 23.3 Å². The van der Waals surface area contributed by atoms with E-state index in [1.807, 2.05) is 0 Å². The lowest BCUT2D eigenvalue weighted by atomic mass is 10.2. The van der Waals surface area contributed by atoms with Gasteiger partial charge >= 0.3 is 5.96 Å². The van der Waals surface area contributed by atoms with Gasteiger partial charge in [-0.2, -0.15) is 0 Å². The van der Waals surface area contributed by atoms with Crippen LogP contribution in [0.1, 0.15) is 5.56 Å². The first-order valence-electron chi connectivity index (χ1n) is 4.70. The van der Waals surface area contributed by atoms with E-state index < -0.39 is 15.9 Å². The van der Waals surface area contributed by atoms with Crippen LogP contribution in [0, 0.1) is 20.2 Å². The van der Waals surface area contributed by atoms with E-state index in [0.29, 0.717) is 0 Å². The number of nitro groups is 2. The van der Waals surface area contributed by atoms with Crippen LogP contribution < -0.4 is 16.3 Å². The Labute approximate surface area is 105 Å². The average Bonchev–Trinajstić information content (AvgIpc) is 2.30. The van der Waals surface area contributed by atoms with Crippen LogP contribution in [0.25, 0.3) is 0 Å². The van der Waals surface area contributed by atoms with Gasteiger partial charge in [0.05, 0.1) is 10.5 Å². The van der Waals surface area contributed by atoms with Gasteiger partial charge in [-0.25, -0.2) is 10.1 Å². The van der Waals surface area contributed by atoms with E-state index >= 15 is 0 Å². The monoisotopic (exact) mass is 269 g/mol. The number of guanidine groups is 1. The normalized spacial score (nSPS) is 11.5. The van der Waals surface area contributed by atoms with E-state index in [4.69, 9.17) is 5.73 Å². The zero-order valence-corrected chi connectivity index (χ0v) is 9.31. The van der Waals surface area contributed by atoms with E-state index in [-0.39, 0.29) is 17.0 Å². The number of phenols is 1. The first-order chi connectivity index (χ1) is 8.90. The van der Waals surface area contributed by atoms with E-state index in [0.717, 1.165) is 24.4 Å². The molecule has 1 aromatic carbocycles. The quantitative estimate of drug-likeness (QED) is 0.208. The molecule has 19 heavy (non-hydrogen) atoms. The Kier molecular flexibility index (Phi) is 4.29. The van der Waals surface area contributed by atoms with Crippen molar-refractivity contribution in [1.82, 2.24) is 5.43 Å². The van der Waals surface area contributed by atoms with Gasteiger partial charge in [-0.05, 0) is 6.07 Å². The van der Waals surface area contributed by atoms with Gasteiger partial charge in [0.2, 0.25) is 6.21 Å². The summed E-state index contributed by atoms with van der Waals surface area (Å²) in [6.07, 6.45) is 1.09. The lowest BCUT2D eigenvalue weighted by molar-refractivity contribution is -0.528. The van der Waals surface area contributed by atoms with E-state index in [9.17, 15) is 25.3 Å². The summed E-state index contributed by atoms with van der Waals surface area (Å²) in [4.78, 5) is 19.9. The van der Waals surface area contributed by atoms with Gasteiger partial charge < -0.3 is 10.8 Å². The number of phenolic OH excluding ortho intramolecular Hbond substituents is 1. The highest BCUT2D eigenvalue weighted by Crippen LogP contribution is 2.20. The number of non-ortho nitro benzene ring substituents is 1. The van der Waals surface area contributed by atoms with Gasteiger partial charge in [-0.1, -0.05) is 5.43 Å². The lowest BCUT2D eigenvalue weighted by Crippen LogP contribution is -2.64. The van der Waals surface area contributed by atoms with Crippen LogP contribution in [0.3, 0.4) is 0 Å². The number of hydrogen-bond donors (Lipinski definition) is 4. The molecule has 0 aliphatic heterocycles. The maximum atomic E-state index is 10.5. The second kappa shape index (κ2) is 5.90. The fourth-order valence-corrected chi connectivity index (χ4v) is 1.06. The van der Waals surface area contributed by atoms with Gasteiger partial charge in [0, 0.05) is 17.2 Å². The van der Waals surface area contributed by atoms with Crippen LogP contribution in [-0.2, 0) is 0 Å². The van der Waals surface area contributed by atoms with Crippen LogP contribution in [0.4, 0.5) is 5.69 Å². The van der Waals surface area contributed by atoms with Gasteiger partial charge in [0.15, 0.2) is 5.03 Å². The van der Waals surface area contributed by atoms with Crippen LogP contribution in [0.5, 0.6) is 5.75 Å². The molecule has 0 heterocycles. The number of hydrazone groups is 1. The number of nitrogens with two attached hydrogens (primary N) is 1. The third-order valence-corrected chi connectivity index (χ3v) is 1.83. The molecule has 11 heteroatoms. The maximum Gasteiger partial charge on any atom is 0.319 e. The molecule has 0 bridgehead atoms. The SMILES string of the molecule is NC(=N[NH+]=Cc1cc([N+](=O)[O-])ccc1O)N[N+](=O)[O-]. The molecule has 0 radical (unpaired) electrons. The molecule has 0 aromatic heterocycles. The molecule has 0 unspecified atom stereocenters. The van der Waals surface area contributed by atoms with E-state index in [1.54, 1.807) is 5.43 Å². The summed E-state index contributed by atoms with van der Waals surface area (Å²) in [5.74, 6) is -0.750. The number of rotatable bonds is 4. The molecule has 0 spiro atoms. The van der Waals surface area contributed by atoms with Crippen molar-refractivity contribution in [2.24, 2.45) is 10.8 Å². The van der Waals surface area contributed by atoms with Crippen molar-refractivity contribution in [3.8, 4) is 5.75 Å².